The molecule has 160 valence electrons. The van der Waals surface area contributed by atoms with Crippen molar-refractivity contribution in [1.82, 2.24) is 9.97 Å². The lowest BCUT2D eigenvalue weighted by Gasteiger charge is -2.24. The summed E-state index contributed by atoms with van der Waals surface area (Å²) >= 11 is 6.18. The zero-order valence-electron chi connectivity index (χ0n) is 15.9. The molecule has 13 heteroatoms. The third-order valence-corrected chi connectivity index (χ3v) is 4.57. The smallest absolute Gasteiger partial charge is 0.360 e. The zero-order chi connectivity index (χ0) is 22.0. The highest BCUT2D eigenvalue weighted by Gasteiger charge is 2.37. The number of ether oxygens (including phenoxy) is 4. The van der Waals surface area contributed by atoms with E-state index < -0.39 is 17.7 Å². The number of hydrogen-bond acceptors (Lipinski definition) is 11. The number of oxazole rings is 2. The van der Waals surface area contributed by atoms with Crippen LogP contribution in [0.5, 0.6) is 0 Å². The summed E-state index contributed by atoms with van der Waals surface area (Å²) in [6, 6.07) is 0. The Labute approximate surface area is 182 Å². The average Bonchev–Trinajstić information content (AvgIpc) is 3.45. The van der Waals surface area contributed by atoms with E-state index in [1.165, 1.54) is 34.7 Å². The number of ketones is 1. The van der Waals surface area contributed by atoms with Crippen LogP contribution in [-0.2, 0) is 24.7 Å². The number of aromatic nitrogens is 2. The van der Waals surface area contributed by atoms with Gasteiger partial charge in [0, 0.05) is 14.2 Å². The molecular weight excluding hydrogens is 524 g/mol. The summed E-state index contributed by atoms with van der Waals surface area (Å²) in [5.74, 6) is -2.63. The highest BCUT2D eigenvalue weighted by molar-refractivity contribution is 9.09. The second kappa shape index (κ2) is 11.8. The molecule has 0 spiro atoms. The average molecular weight is 542 g/mol. The van der Waals surface area contributed by atoms with Crippen LogP contribution >= 0.6 is 31.9 Å². The van der Waals surface area contributed by atoms with Gasteiger partial charge in [0.15, 0.2) is 11.4 Å². The van der Waals surface area contributed by atoms with E-state index >= 15 is 0 Å². The lowest BCUT2D eigenvalue weighted by molar-refractivity contribution is -0.211. The summed E-state index contributed by atoms with van der Waals surface area (Å²) in [5.41, 5.74) is 0.0590. The van der Waals surface area contributed by atoms with Gasteiger partial charge in [0.25, 0.3) is 17.6 Å². The zero-order valence-corrected chi connectivity index (χ0v) is 19.1. The Hall–Kier alpha value is -2.09. The molecule has 0 N–H and O–H groups in total. The van der Waals surface area contributed by atoms with Crippen molar-refractivity contribution in [3.63, 3.8) is 0 Å². The Morgan fingerprint density at radius 3 is 1.90 bits per heavy atom. The van der Waals surface area contributed by atoms with Crippen molar-refractivity contribution in [1.29, 1.82) is 0 Å². The first-order valence-corrected chi connectivity index (χ1v) is 9.90. The molecule has 2 aromatic rings. The number of carbonyl (C=O) groups excluding carboxylic acids is 3. The van der Waals surface area contributed by atoms with Crippen LogP contribution in [0.15, 0.2) is 21.4 Å². The number of rotatable bonds is 8. The highest BCUT2D eigenvalue weighted by Crippen LogP contribution is 2.27. The van der Waals surface area contributed by atoms with E-state index in [2.05, 4.69) is 51.3 Å². The molecule has 2 rings (SSSR count). The number of esters is 2. The van der Waals surface area contributed by atoms with Gasteiger partial charge >= 0.3 is 11.9 Å². The Bertz CT molecular complexity index is 791. The van der Waals surface area contributed by atoms with Crippen LogP contribution in [-0.4, -0.2) is 66.8 Å². The van der Waals surface area contributed by atoms with Crippen molar-refractivity contribution < 1.29 is 42.2 Å². The van der Waals surface area contributed by atoms with Crippen LogP contribution in [0.4, 0.5) is 0 Å². The second-order valence-corrected chi connectivity index (χ2v) is 6.03. The van der Waals surface area contributed by atoms with E-state index in [1.54, 1.807) is 0 Å². The maximum Gasteiger partial charge on any atom is 0.360 e. The first-order valence-electron chi connectivity index (χ1n) is 7.65. The molecule has 0 radical (unpaired) electrons. The van der Waals surface area contributed by atoms with Crippen molar-refractivity contribution in [3.8, 4) is 0 Å². The van der Waals surface area contributed by atoms with Gasteiger partial charge in [-0.1, -0.05) is 31.9 Å². The molecule has 0 aromatic carbocycles. The molecule has 0 atom stereocenters. The molecule has 0 saturated heterocycles. The van der Waals surface area contributed by atoms with Crippen molar-refractivity contribution in [2.75, 3.05) is 39.1 Å². The summed E-state index contributed by atoms with van der Waals surface area (Å²) in [7, 11) is 5.39. The molecule has 0 bridgehead atoms. The Morgan fingerprint density at radius 2 is 1.45 bits per heavy atom. The maximum atomic E-state index is 11.2. The molecule has 2 aromatic heterocycles. The molecule has 0 aliphatic rings. The number of carbonyl (C=O) groups is 3. The van der Waals surface area contributed by atoms with Crippen LogP contribution in [0, 0.1) is 0 Å². The van der Waals surface area contributed by atoms with Gasteiger partial charge in [-0.3, -0.25) is 4.79 Å². The SMILES string of the molecule is COC(=O)c1coc(C(=O)CBr)n1.COC(=O)c1coc(C(CBr)(OC)OC)n1. The minimum atomic E-state index is -1.15. The lowest BCUT2D eigenvalue weighted by Crippen LogP contribution is -2.33. The largest absolute Gasteiger partial charge is 0.464 e. The second-order valence-electron chi connectivity index (χ2n) is 4.91. The van der Waals surface area contributed by atoms with Gasteiger partial charge in [-0.25, -0.2) is 14.6 Å². The quantitative estimate of drug-likeness (QED) is 0.210. The van der Waals surface area contributed by atoms with E-state index in [-0.39, 0.29) is 34.3 Å². The number of nitrogens with zero attached hydrogens (tertiary/aromatic N) is 2. The molecule has 11 nitrogen and oxygen atoms in total. The minimum absolute atomic E-state index is 0.00759. The number of halogens is 2. The molecule has 0 fully saturated rings. The summed E-state index contributed by atoms with van der Waals surface area (Å²) in [6.07, 6.45) is 2.28. The normalized spacial score (nSPS) is 10.7. The van der Waals surface area contributed by atoms with Crippen LogP contribution in [0.1, 0.15) is 37.6 Å². The van der Waals surface area contributed by atoms with Crippen LogP contribution in [0.3, 0.4) is 0 Å². The van der Waals surface area contributed by atoms with Gasteiger partial charge in [0.1, 0.15) is 12.5 Å². The fourth-order valence-electron chi connectivity index (χ4n) is 1.73. The van der Waals surface area contributed by atoms with E-state index in [9.17, 15) is 14.4 Å². The van der Waals surface area contributed by atoms with Gasteiger partial charge in [-0.15, -0.1) is 0 Å². The molecule has 0 aliphatic carbocycles. The first kappa shape index (κ1) is 24.9. The Morgan fingerprint density at radius 1 is 0.931 bits per heavy atom. The molecule has 29 heavy (non-hydrogen) atoms. The topological polar surface area (TPSA) is 140 Å². The Kier molecular flexibility index (Phi) is 10.2. The molecule has 0 aliphatic heterocycles. The van der Waals surface area contributed by atoms with Crippen LogP contribution in [0.25, 0.3) is 0 Å². The van der Waals surface area contributed by atoms with E-state index in [0.717, 1.165) is 6.26 Å². The maximum absolute atomic E-state index is 11.2. The minimum Gasteiger partial charge on any atom is -0.464 e. The molecule has 0 unspecified atom stereocenters. The van der Waals surface area contributed by atoms with E-state index in [4.69, 9.17) is 18.3 Å². The number of Topliss-reactive ketones (excluding diaryl/α,β-unsaturated/α-hetero) is 1. The van der Waals surface area contributed by atoms with Crippen molar-refractivity contribution in [2.24, 2.45) is 0 Å². The number of hydrogen-bond donors (Lipinski definition) is 0. The van der Waals surface area contributed by atoms with Crippen molar-refractivity contribution in [3.05, 3.63) is 35.7 Å². The molecular formula is C16H18Br2N2O9. The van der Waals surface area contributed by atoms with Gasteiger partial charge in [0.2, 0.25) is 5.78 Å². The van der Waals surface area contributed by atoms with Gasteiger partial charge in [-0.2, -0.15) is 4.98 Å². The number of methoxy groups -OCH3 is 4. The Balaban J connectivity index is 0.000000296. The van der Waals surface area contributed by atoms with Crippen LogP contribution < -0.4 is 0 Å². The van der Waals surface area contributed by atoms with Gasteiger partial charge in [-0.05, 0) is 0 Å². The third kappa shape index (κ3) is 6.19. The molecule has 0 saturated carbocycles. The monoisotopic (exact) mass is 540 g/mol. The van der Waals surface area contributed by atoms with Crippen molar-refractivity contribution >= 4 is 49.6 Å². The van der Waals surface area contributed by atoms with E-state index in [1.807, 2.05) is 0 Å². The third-order valence-electron chi connectivity index (χ3n) is 3.32. The summed E-state index contributed by atoms with van der Waals surface area (Å²) in [4.78, 5) is 40.6. The van der Waals surface area contributed by atoms with Crippen LogP contribution in [0.2, 0.25) is 0 Å². The van der Waals surface area contributed by atoms with E-state index in [0.29, 0.717) is 5.33 Å². The molecule has 2 heterocycles. The van der Waals surface area contributed by atoms with Gasteiger partial charge in [0.05, 0.1) is 24.9 Å². The first-order chi connectivity index (χ1) is 13.8. The fraction of sp³-hybridized carbons (Fsp3) is 0.438. The summed E-state index contributed by atoms with van der Waals surface area (Å²) in [5, 5.41) is 0.419. The standard InChI is InChI=1S/C9H12BrNO5.C7H6BrNO4/c1-13-7(12)6-4-16-8(11-6)9(5-10,14-2)15-3;1-12-7(11)4-3-13-6(9-4)5(10)2-8/h4H,5H2,1-3H3;3H,2H2,1H3. The predicted octanol–water partition coefficient (Wildman–Crippen LogP) is 2.34. The summed E-state index contributed by atoms with van der Waals surface area (Å²) < 4.78 is 29.1. The highest BCUT2D eigenvalue weighted by atomic mass is 79.9. The predicted molar refractivity (Wildman–Crippen MR) is 103 cm³/mol. The van der Waals surface area contributed by atoms with Crippen molar-refractivity contribution in [2.45, 2.75) is 5.79 Å². The molecule has 0 amide bonds. The van der Waals surface area contributed by atoms with Gasteiger partial charge < -0.3 is 27.8 Å². The fourth-order valence-corrected chi connectivity index (χ4v) is 2.67. The summed E-state index contributed by atoms with van der Waals surface area (Å²) in [6.45, 7) is 0. The lowest BCUT2D eigenvalue weighted by atomic mass is 10.3. The number of alkyl halides is 2.